The molecular formula is C14H16O3S. The van der Waals surface area contributed by atoms with Crippen LogP contribution in [-0.2, 0) is 9.53 Å². The molecule has 0 radical (unpaired) electrons. The van der Waals surface area contributed by atoms with Crippen LogP contribution in [0.1, 0.15) is 29.3 Å². The van der Waals surface area contributed by atoms with Crippen molar-refractivity contribution in [3.63, 3.8) is 0 Å². The average Bonchev–Trinajstić information content (AvgIpc) is 2.38. The van der Waals surface area contributed by atoms with Crippen LogP contribution in [-0.4, -0.2) is 23.9 Å². The van der Waals surface area contributed by atoms with E-state index in [1.807, 2.05) is 24.3 Å². The van der Waals surface area contributed by atoms with Gasteiger partial charge in [-0.05, 0) is 24.1 Å². The second kappa shape index (κ2) is 7.71. The Kier molecular flexibility index (Phi) is 6.22. The van der Waals surface area contributed by atoms with Gasteiger partial charge >= 0.3 is 5.97 Å². The maximum atomic E-state index is 11.2. The quantitative estimate of drug-likeness (QED) is 0.605. The molecule has 0 unspecified atom stereocenters. The van der Waals surface area contributed by atoms with Gasteiger partial charge in [0.25, 0.3) is 0 Å². The van der Waals surface area contributed by atoms with Crippen LogP contribution in [0.2, 0.25) is 0 Å². The Balaban J connectivity index is 2.45. The van der Waals surface area contributed by atoms with Crippen LogP contribution in [0.5, 0.6) is 0 Å². The standard InChI is InChI=1S/C14H16O3S/c1-11(15)18-10-4-3-5-12-6-8-13(9-7-12)14(16)17-2/h3,5-9H,4,10H2,1-2H3. The van der Waals surface area contributed by atoms with Gasteiger partial charge in [0.2, 0.25) is 0 Å². The molecule has 0 aliphatic heterocycles. The third kappa shape index (κ3) is 5.19. The molecule has 1 aromatic rings. The van der Waals surface area contributed by atoms with Gasteiger partial charge in [-0.15, -0.1) is 0 Å². The number of ether oxygens (including phenoxy) is 1. The van der Waals surface area contributed by atoms with Crippen molar-refractivity contribution in [3.8, 4) is 0 Å². The van der Waals surface area contributed by atoms with Crippen molar-refractivity contribution < 1.29 is 14.3 Å². The lowest BCUT2D eigenvalue weighted by Gasteiger charge is -1.99. The number of hydrogen-bond donors (Lipinski definition) is 0. The highest BCUT2D eigenvalue weighted by Crippen LogP contribution is 2.09. The van der Waals surface area contributed by atoms with Gasteiger partial charge in [0.05, 0.1) is 12.7 Å². The van der Waals surface area contributed by atoms with Crippen molar-refractivity contribution >= 4 is 28.9 Å². The minimum Gasteiger partial charge on any atom is -0.465 e. The highest BCUT2D eigenvalue weighted by Gasteiger charge is 2.02. The molecule has 0 atom stereocenters. The zero-order valence-corrected chi connectivity index (χ0v) is 11.3. The molecule has 96 valence electrons. The summed E-state index contributed by atoms with van der Waals surface area (Å²) in [6, 6.07) is 7.19. The Bertz CT molecular complexity index is 435. The Labute approximate surface area is 111 Å². The highest BCUT2D eigenvalue weighted by molar-refractivity contribution is 8.13. The molecule has 0 aliphatic rings. The van der Waals surface area contributed by atoms with Crippen LogP contribution in [0.25, 0.3) is 6.08 Å². The predicted octanol–water partition coefficient (Wildman–Crippen LogP) is 3.16. The molecule has 4 heteroatoms. The van der Waals surface area contributed by atoms with Gasteiger partial charge in [-0.1, -0.05) is 36.0 Å². The van der Waals surface area contributed by atoms with E-state index in [9.17, 15) is 9.59 Å². The van der Waals surface area contributed by atoms with Gasteiger partial charge < -0.3 is 4.74 Å². The lowest BCUT2D eigenvalue weighted by Crippen LogP contribution is -2.00. The molecule has 0 spiro atoms. The van der Waals surface area contributed by atoms with Crippen LogP contribution in [0, 0.1) is 0 Å². The summed E-state index contributed by atoms with van der Waals surface area (Å²) in [7, 11) is 1.36. The number of thioether (sulfide) groups is 1. The van der Waals surface area contributed by atoms with Crippen molar-refractivity contribution in [2.45, 2.75) is 13.3 Å². The zero-order chi connectivity index (χ0) is 13.4. The molecule has 0 bridgehead atoms. The van der Waals surface area contributed by atoms with Gasteiger partial charge in [0, 0.05) is 12.7 Å². The highest BCUT2D eigenvalue weighted by atomic mass is 32.2. The van der Waals surface area contributed by atoms with Crippen LogP contribution in [0.3, 0.4) is 0 Å². The molecule has 0 saturated heterocycles. The van der Waals surface area contributed by atoms with E-state index in [0.717, 1.165) is 17.7 Å². The first-order valence-electron chi connectivity index (χ1n) is 5.62. The first-order valence-corrected chi connectivity index (χ1v) is 6.60. The number of benzene rings is 1. The number of rotatable bonds is 5. The van der Waals surface area contributed by atoms with Gasteiger partial charge in [-0.2, -0.15) is 0 Å². The molecule has 0 fully saturated rings. The molecule has 0 aromatic heterocycles. The fourth-order valence-corrected chi connectivity index (χ4v) is 1.88. The summed E-state index contributed by atoms with van der Waals surface area (Å²) in [4.78, 5) is 21.9. The van der Waals surface area contributed by atoms with E-state index >= 15 is 0 Å². The molecule has 0 N–H and O–H groups in total. The number of carbonyl (C=O) groups is 2. The van der Waals surface area contributed by atoms with E-state index in [1.54, 1.807) is 19.1 Å². The normalized spacial score (nSPS) is 10.6. The summed E-state index contributed by atoms with van der Waals surface area (Å²) in [5.74, 6) is 0.467. The monoisotopic (exact) mass is 264 g/mol. The second-order valence-corrected chi connectivity index (χ2v) is 4.92. The minimum atomic E-state index is -0.330. The molecule has 1 aromatic carbocycles. The summed E-state index contributed by atoms with van der Waals surface area (Å²) in [5, 5.41) is 0.144. The lowest BCUT2D eigenvalue weighted by molar-refractivity contribution is -0.109. The summed E-state index contributed by atoms with van der Waals surface area (Å²) in [6.07, 6.45) is 4.84. The predicted molar refractivity (Wildman–Crippen MR) is 74.6 cm³/mol. The Morgan fingerprint density at radius 3 is 2.50 bits per heavy atom. The van der Waals surface area contributed by atoms with E-state index < -0.39 is 0 Å². The molecule has 0 aliphatic carbocycles. The molecule has 0 saturated carbocycles. The Morgan fingerprint density at radius 1 is 1.28 bits per heavy atom. The van der Waals surface area contributed by atoms with Gasteiger partial charge in [-0.3, -0.25) is 4.79 Å². The molecular weight excluding hydrogens is 248 g/mol. The zero-order valence-electron chi connectivity index (χ0n) is 10.5. The van der Waals surface area contributed by atoms with Crippen molar-refractivity contribution in [2.24, 2.45) is 0 Å². The molecule has 18 heavy (non-hydrogen) atoms. The van der Waals surface area contributed by atoms with Crippen molar-refractivity contribution in [3.05, 3.63) is 41.5 Å². The van der Waals surface area contributed by atoms with E-state index in [4.69, 9.17) is 0 Å². The van der Waals surface area contributed by atoms with Crippen molar-refractivity contribution in [1.82, 2.24) is 0 Å². The van der Waals surface area contributed by atoms with Gasteiger partial charge in [-0.25, -0.2) is 4.79 Å². The Morgan fingerprint density at radius 2 is 1.94 bits per heavy atom. The van der Waals surface area contributed by atoms with Crippen LogP contribution in [0.4, 0.5) is 0 Å². The average molecular weight is 264 g/mol. The second-order valence-electron chi connectivity index (χ2n) is 3.64. The third-order valence-corrected chi connectivity index (χ3v) is 3.08. The van der Waals surface area contributed by atoms with Crippen LogP contribution in [0.15, 0.2) is 30.3 Å². The summed E-state index contributed by atoms with van der Waals surface area (Å²) >= 11 is 1.32. The lowest BCUT2D eigenvalue weighted by atomic mass is 10.1. The van der Waals surface area contributed by atoms with Gasteiger partial charge in [0.1, 0.15) is 0 Å². The van der Waals surface area contributed by atoms with Crippen LogP contribution < -0.4 is 0 Å². The van der Waals surface area contributed by atoms with E-state index in [0.29, 0.717) is 5.56 Å². The topological polar surface area (TPSA) is 43.4 Å². The van der Waals surface area contributed by atoms with E-state index in [-0.39, 0.29) is 11.1 Å². The first kappa shape index (κ1) is 14.5. The molecule has 0 amide bonds. The number of methoxy groups -OCH3 is 1. The SMILES string of the molecule is COC(=O)c1ccc(C=CCCSC(C)=O)cc1. The largest absolute Gasteiger partial charge is 0.465 e. The molecule has 0 heterocycles. The maximum absolute atomic E-state index is 11.2. The van der Waals surface area contributed by atoms with E-state index in [1.165, 1.54) is 18.9 Å². The van der Waals surface area contributed by atoms with Crippen LogP contribution >= 0.6 is 11.8 Å². The number of allylic oxidation sites excluding steroid dienone is 1. The number of hydrogen-bond acceptors (Lipinski definition) is 4. The van der Waals surface area contributed by atoms with Crippen molar-refractivity contribution in [2.75, 3.05) is 12.9 Å². The maximum Gasteiger partial charge on any atom is 0.337 e. The summed E-state index contributed by atoms with van der Waals surface area (Å²) < 4.78 is 4.62. The Hall–Kier alpha value is -1.55. The summed E-state index contributed by atoms with van der Waals surface area (Å²) in [5.41, 5.74) is 1.57. The summed E-state index contributed by atoms with van der Waals surface area (Å²) in [6.45, 7) is 1.57. The molecule has 1 rings (SSSR count). The van der Waals surface area contributed by atoms with Gasteiger partial charge in [0.15, 0.2) is 5.12 Å². The van der Waals surface area contributed by atoms with Crippen molar-refractivity contribution in [1.29, 1.82) is 0 Å². The smallest absolute Gasteiger partial charge is 0.337 e. The fourth-order valence-electron chi connectivity index (χ4n) is 1.34. The fraction of sp³-hybridized carbons (Fsp3) is 0.286. The first-order chi connectivity index (χ1) is 8.63. The number of carbonyl (C=O) groups excluding carboxylic acids is 2. The minimum absolute atomic E-state index is 0.144. The van der Waals surface area contributed by atoms with E-state index in [2.05, 4.69) is 4.74 Å². The third-order valence-electron chi connectivity index (χ3n) is 2.23. The number of esters is 1. The molecule has 3 nitrogen and oxygen atoms in total.